The Morgan fingerprint density at radius 1 is 1.32 bits per heavy atom. The number of nitrogens with two attached hydrogens (primary N) is 1. The molecule has 2 aromatic rings. The van der Waals surface area contributed by atoms with E-state index in [1.165, 1.54) is 24.4 Å². The van der Waals surface area contributed by atoms with Crippen molar-refractivity contribution in [3.05, 3.63) is 56.5 Å². The molecule has 0 bridgehead atoms. The molecule has 114 valence electrons. The minimum Gasteiger partial charge on any atom is -0.396 e. The first-order chi connectivity index (χ1) is 10.4. The molecule has 1 heterocycles. The molecule has 0 radical (unpaired) electrons. The second-order valence-electron chi connectivity index (χ2n) is 4.05. The number of rotatable bonds is 3. The van der Waals surface area contributed by atoms with Crippen LogP contribution in [-0.2, 0) is 0 Å². The molecule has 0 aliphatic carbocycles. The van der Waals surface area contributed by atoms with E-state index < -0.39 is 11.7 Å². The number of nitrogen functional groups attached to an aromatic ring is 1. The third-order valence-electron chi connectivity index (χ3n) is 2.52. The van der Waals surface area contributed by atoms with E-state index >= 15 is 0 Å². The Bertz CT molecular complexity index is 767. The van der Waals surface area contributed by atoms with Crippen molar-refractivity contribution in [1.82, 2.24) is 10.4 Å². The molecule has 0 aliphatic rings. The molecule has 0 saturated heterocycles. The molecule has 0 fully saturated rings. The zero-order valence-corrected chi connectivity index (χ0v) is 13.0. The van der Waals surface area contributed by atoms with Gasteiger partial charge in [0.05, 0.1) is 16.9 Å². The lowest BCUT2D eigenvalue weighted by Crippen LogP contribution is -2.20. The van der Waals surface area contributed by atoms with Gasteiger partial charge in [-0.2, -0.15) is 5.10 Å². The van der Waals surface area contributed by atoms with Crippen LogP contribution in [0.5, 0.6) is 0 Å². The Kier molecular flexibility index (Phi) is 5.18. The number of pyridine rings is 1. The van der Waals surface area contributed by atoms with E-state index in [9.17, 15) is 9.18 Å². The van der Waals surface area contributed by atoms with Gasteiger partial charge in [-0.05, 0) is 17.7 Å². The average Bonchev–Trinajstić information content (AvgIpc) is 2.48. The summed E-state index contributed by atoms with van der Waals surface area (Å²) in [4.78, 5) is 15.7. The van der Waals surface area contributed by atoms with Crippen molar-refractivity contribution in [1.29, 1.82) is 0 Å². The van der Waals surface area contributed by atoms with Crippen LogP contribution < -0.4 is 11.2 Å². The van der Waals surface area contributed by atoms with Gasteiger partial charge in [0.25, 0.3) is 5.91 Å². The third kappa shape index (κ3) is 3.65. The van der Waals surface area contributed by atoms with Gasteiger partial charge in [0.2, 0.25) is 0 Å². The summed E-state index contributed by atoms with van der Waals surface area (Å²) in [5, 5.41) is 3.36. The molecular weight excluding hydrogens is 354 g/mol. The van der Waals surface area contributed by atoms with Crippen LogP contribution in [-0.4, -0.2) is 17.1 Å². The summed E-state index contributed by atoms with van der Waals surface area (Å²) in [7, 11) is 0. The lowest BCUT2D eigenvalue weighted by molar-refractivity contribution is 0.0950. The van der Waals surface area contributed by atoms with Crippen molar-refractivity contribution in [2.24, 2.45) is 5.10 Å². The van der Waals surface area contributed by atoms with Crippen LogP contribution in [0.2, 0.25) is 15.2 Å². The van der Waals surface area contributed by atoms with Crippen molar-refractivity contribution < 1.29 is 9.18 Å². The van der Waals surface area contributed by atoms with Gasteiger partial charge < -0.3 is 5.73 Å². The Labute approximate surface area is 139 Å². The maximum absolute atomic E-state index is 13.0. The predicted molar refractivity (Wildman–Crippen MR) is 85.1 cm³/mol. The van der Waals surface area contributed by atoms with E-state index in [0.717, 1.165) is 0 Å². The highest BCUT2D eigenvalue weighted by molar-refractivity contribution is 6.46. The van der Waals surface area contributed by atoms with Gasteiger partial charge in [0.1, 0.15) is 10.8 Å². The Balaban J connectivity index is 2.17. The van der Waals surface area contributed by atoms with Crippen molar-refractivity contribution in [2.45, 2.75) is 0 Å². The van der Waals surface area contributed by atoms with E-state index in [-0.39, 0.29) is 26.6 Å². The molecule has 22 heavy (non-hydrogen) atoms. The van der Waals surface area contributed by atoms with Gasteiger partial charge in [0, 0.05) is 0 Å². The highest BCUT2D eigenvalue weighted by Gasteiger charge is 2.19. The number of carbonyl (C=O) groups is 1. The normalized spacial score (nSPS) is 10.9. The van der Waals surface area contributed by atoms with Crippen LogP contribution in [0.3, 0.4) is 0 Å². The van der Waals surface area contributed by atoms with Crippen molar-refractivity contribution in [2.75, 3.05) is 5.73 Å². The van der Waals surface area contributed by atoms with Gasteiger partial charge in [-0.25, -0.2) is 14.8 Å². The quantitative estimate of drug-likeness (QED) is 0.498. The zero-order chi connectivity index (χ0) is 16.3. The maximum atomic E-state index is 13.0. The smallest absolute Gasteiger partial charge is 0.291 e. The van der Waals surface area contributed by atoms with Gasteiger partial charge in [0.15, 0.2) is 10.8 Å². The monoisotopic (exact) mass is 360 g/mol. The summed E-state index contributed by atoms with van der Waals surface area (Å²) in [6, 6.07) is 5.66. The fourth-order valence-corrected chi connectivity index (χ4v) is 2.08. The number of carbonyl (C=O) groups excluding carboxylic acids is 1. The summed E-state index contributed by atoms with van der Waals surface area (Å²) in [6.45, 7) is 0. The largest absolute Gasteiger partial charge is 0.396 e. The van der Waals surface area contributed by atoms with Crippen molar-refractivity contribution in [3.8, 4) is 0 Å². The number of aromatic nitrogens is 1. The molecule has 1 aromatic carbocycles. The first-order valence-corrected chi connectivity index (χ1v) is 6.92. The highest BCUT2D eigenvalue weighted by atomic mass is 35.5. The number of hydrazone groups is 1. The van der Waals surface area contributed by atoms with E-state index in [0.29, 0.717) is 5.56 Å². The Morgan fingerprint density at radius 2 is 2.05 bits per heavy atom. The summed E-state index contributed by atoms with van der Waals surface area (Å²) < 4.78 is 13.0. The second kappa shape index (κ2) is 6.91. The maximum Gasteiger partial charge on any atom is 0.291 e. The van der Waals surface area contributed by atoms with Crippen LogP contribution in [0.15, 0.2) is 29.4 Å². The molecule has 5 nitrogen and oxygen atoms in total. The SMILES string of the molecule is Nc1c(Cl)c(Cl)nc(C(=O)NN=Cc2cccc(F)c2)c1Cl. The number of halogens is 4. The van der Waals surface area contributed by atoms with E-state index in [2.05, 4.69) is 15.5 Å². The number of nitrogens with zero attached hydrogens (tertiary/aromatic N) is 2. The second-order valence-corrected chi connectivity index (χ2v) is 5.16. The lowest BCUT2D eigenvalue weighted by Gasteiger charge is -2.07. The Morgan fingerprint density at radius 3 is 2.73 bits per heavy atom. The van der Waals surface area contributed by atoms with Gasteiger partial charge in [-0.1, -0.05) is 46.9 Å². The van der Waals surface area contributed by atoms with E-state index in [1.807, 2.05) is 0 Å². The summed E-state index contributed by atoms with van der Waals surface area (Å²) >= 11 is 17.4. The summed E-state index contributed by atoms with van der Waals surface area (Å²) in [6.07, 6.45) is 1.26. The molecule has 2 rings (SSSR count). The number of benzene rings is 1. The van der Waals surface area contributed by atoms with Crippen LogP contribution in [0.1, 0.15) is 16.1 Å². The molecule has 0 spiro atoms. The predicted octanol–water partition coefficient (Wildman–Crippen LogP) is 3.53. The Hall–Kier alpha value is -1.89. The fourth-order valence-electron chi connectivity index (χ4n) is 1.49. The molecule has 3 N–H and O–H groups in total. The van der Waals surface area contributed by atoms with Crippen LogP contribution >= 0.6 is 34.8 Å². The van der Waals surface area contributed by atoms with Crippen molar-refractivity contribution in [3.63, 3.8) is 0 Å². The highest BCUT2D eigenvalue weighted by Crippen LogP contribution is 2.34. The number of hydrogen-bond acceptors (Lipinski definition) is 4. The molecule has 0 aliphatic heterocycles. The van der Waals surface area contributed by atoms with E-state index in [1.54, 1.807) is 6.07 Å². The molecule has 0 atom stereocenters. The minimum absolute atomic E-state index is 0.0357. The van der Waals surface area contributed by atoms with Crippen LogP contribution in [0.4, 0.5) is 10.1 Å². The van der Waals surface area contributed by atoms with Crippen LogP contribution in [0, 0.1) is 5.82 Å². The minimum atomic E-state index is -0.733. The first-order valence-electron chi connectivity index (χ1n) is 5.79. The lowest BCUT2D eigenvalue weighted by atomic mass is 10.2. The van der Waals surface area contributed by atoms with E-state index in [4.69, 9.17) is 40.5 Å². The number of amides is 1. The zero-order valence-electron chi connectivity index (χ0n) is 10.8. The average molecular weight is 362 g/mol. The topological polar surface area (TPSA) is 80.4 Å². The van der Waals surface area contributed by atoms with Gasteiger partial charge in [-0.15, -0.1) is 0 Å². The standard InChI is InChI=1S/C13H8Cl3FN4O/c14-8-10(18)9(15)12(16)20-11(8)13(22)21-19-5-6-2-1-3-7(17)4-6/h1-5H,(H2,18,20)(H,21,22). The number of anilines is 1. The van der Waals surface area contributed by atoms with Gasteiger partial charge >= 0.3 is 0 Å². The van der Waals surface area contributed by atoms with Crippen LogP contribution in [0.25, 0.3) is 0 Å². The number of nitrogens with one attached hydrogen (secondary N) is 1. The molecule has 0 saturated carbocycles. The molecule has 1 aromatic heterocycles. The first kappa shape index (κ1) is 16.5. The molecule has 0 unspecified atom stereocenters. The molecule has 1 amide bonds. The van der Waals surface area contributed by atoms with Gasteiger partial charge in [-0.3, -0.25) is 4.79 Å². The fraction of sp³-hybridized carbons (Fsp3) is 0. The summed E-state index contributed by atoms with van der Waals surface area (Å²) in [5.74, 6) is -1.15. The molecular formula is C13H8Cl3FN4O. The third-order valence-corrected chi connectivity index (χ3v) is 3.65. The molecule has 9 heteroatoms. The number of hydrogen-bond donors (Lipinski definition) is 2. The summed E-state index contributed by atoms with van der Waals surface area (Å²) in [5.41, 5.74) is 7.99. The van der Waals surface area contributed by atoms with Crippen molar-refractivity contribution >= 4 is 52.6 Å².